The highest BCUT2D eigenvalue weighted by atomic mass is 32.1. The fraction of sp³-hybridized carbons (Fsp3) is 0.0784. The number of hydrogen-bond donors (Lipinski definition) is 2. The fourth-order valence-electron chi connectivity index (χ4n) is 6.79. The highest BCUT2D eigenvalue weighted by molar-refractivity contribution is 7.21. The van der Waals surface area contributed by atoms with Gasteiger partial charge in [-0.25, -0.2) is 4.39 Å². The van der Waals surface area contributed by atoms with E-state index >= 15 is 8.78 Å². The number of rotatable bonds is 15. The lowest BCUT2D eigenvalue weighted by molar-refractivity contribution is -0.124. The summed E-state index contributed by atoms with van der Waals surface area (Å²) < 4.78 is 67.3. The molecule has 8 rings (SSSR count). The zero-order valence-electron chi connectivity index (χ0n) is 34.5. The number of aromatic hydroxyl groups is 2. The average molecular weight is 915 g/mol. The third-order valence-electron chi connectivity index (χ3n) is 9.91. The number of aryl methyl sites for hydroxylation is 2. The van der Waals surface area contributed by atoms with Gasteiger partial charge in [-0.1, -0.05) is 55.5 Å². The lowest BCUT2D eigenvalue weighted by atomic mass is 10.0. The Bertz CT molecular complexity index is 3060. The average Bonchev–Trinajstić information content (AvgIpc) is 3.84. The number of ether oxygens (including phenoxy) is 4. The summed E-state index contributed by atoms with van der Waals surface area (Å²) in [7, 11) is 0. The van der Waals surface area contributed by atoms with Crippen LogP contribution in [0.1, 0.15) is 54.9 Å². The van der Waals surface area contributed by atoms with Crippen molar-refractivity contribution in [3.8, 4) is 34.5 Å². The molecule has 0 saturated heterocycles. The van der Waals surface area contributed by atoms with Crippen LogP contribution in [0.15, 0.2) is 140 Å². The minimum atomic E-state index is -3.47. The predicted octanol–water partition coefficient (Wildman–Crippen LogP) is 13.5. The van der Waals surface area contributed by atoms with Crippen molar-refractivity contribution in [3.05, 3.63) is 189 Å². The second-order valence-electron chi connectivity index (χ2n) is 14.2. The molecule has 2 N–H and O–H groups in total. The molecular weight excluding hydrogens is 878 g/mol. The van der Waals surface area contributed by atoms with E-state index < -0.39 is 11.7 Å². The van der Waals surface area contributed by atoms with Crippen molar-refractivity contribution < 1.29 is 56.7 Å². The fourth-order valence-corrected chi connectivity index (χ4v) is 9.06. The topological polar surface area (TPSA) is 129 Å². The highest BCUT2D eigenvalue weighted by Gasteiger charge is 2.41. The molecule has 0 atom stereocenters. The number of phenolic OH excluding ortho intramolecular Hbond substituents is 2. The summed E-state index contributed by atoms with van der Waals surface area (Å²) in [4.78, 5) is 34.1. The predicted molar refractivity (Wildman–Crippen MR) is 246 cm³/mol. The number of fused-ring (bicyclic) bond motifs is 2. The molecule has 8 aromatic rings. The van der Waals surface area contributed by atoms with E-state index in [2.05, 4.69) is 9.47 Å². The number of alkyl halides is 2. The van der Waals surface area contributed by atoms with Crippen LogP contribution < -0.4 is 9.47 Å². The van der Waals surface area contributed by atoms with E-state index in [9.17, 15) is 29.0 Å². The van der Waals surface area contributed by atoms with Gasteiger partial charge in [-0.2, -0.15) is 8.78 Å². The number of carbonyl (C=O) groups excluding carboxylic acids is 3. The zero-order valence-corrected chi connectivity index (χ0v) is 36.1. The minimum Gasteiger partial charge on any atom is -0.508 e. The van der Waals surface area contributed by atoms with Gasteiger partial charge in [0.15, 0.2) is 11.5 Å². The molecule has 0 unspecified atom stereocenters. The van der Waals surface area contributed by atoms with Gasteiger partial charge in [0.25, 0.3) is 12.9 Å². The standard InChI is InChI=1S/C26H20O5S.C25H17F3O4S/c1-2-18-5-3-4-6-21(18)24(29)26-25(22-12-9-19(28)15-23(22)32-26)31-20-10-7-17(8-11-20)13-14-30-16-27;1-15-12-17(26)4-9-21(15)25(27,28)24-23(20-8-5-18(30)13-22(20)33-24)32-19-6-2-16(3-7-19)10-11-31-14-29/h3-16,28H,2H2,1H3;2-14,30H,1H3/b14-13+;11-10+. The van der Waals surface area contributed by atoms with Crippen LogP contribution in [0.5, 0.6) is 34.5 Å². The van der Waals surface area contributed by atoms with Crippen molar-refractivity contribution in [2.75, 3.05) is 0 Å². The maximum Gasteiger partial charge on any atom is 0.311 e. The van der Waals surface area contributed by atoms with Crippen molar-refractivity contribution >= 4 is 73.7 Å². The molecule has 65 heavy (non-hydrogen) atoms. The minimum absolute atomic E-state index is 0.0451. The van der Waals surface area contributed by atoms with E-state index in [1.54, 1.807) is 66.7 Å². The van der Waals surface area contributed by atoms with Crippen molar-refractivity contribution in [2.24, 2.45) is 0 Å². The summed E-state index contributed by atoms with van der Waals surface area (Å²) in [5.74, 6) is -2.82. The number of ketones is 1. The van der Waals surface area contributed by atoms with Gasteiger partial charge < -0.3 is 29.2 Å². The largest absolute Gasteiger partial charge is 0.508 e. The van der Waals surface area contributed by atoms with Gasteiger partial charge in [-0.3, -0.25) is 14.4 Å². The van der Waals surface area contributed by atoms with E-state index in [1.165, 1.54) is 49.0 Å². The van der Waals surface area contributed by atoms with Gasteiger partial charge in [0.2, 0.25) is 5.78 Å². The van der Waals surface area contributed by atoms with E-state index in [0.29, 0.717) is 49.8 Å². The Hall–Kier alpha value is -7.68. The molecule has 2 heterocycles. The molecule has 0 amide bonds. The first kappa shape index (κ1) is 45.3. The Morgan fingerprint density at radius 2 is 1.22 bits per heavy atom. The lowest BCUT2D eigenvalue weighted by Crippen LogP contribution is -2.16. The smallest absolute Gasteiger partial charge is 0.311 e. The van der Waals surface area contributed by atoms with Crippen LogP contribution in [0, 0.1) is 12.7 Å². The van der Waals surface area contributed by atoms with Crippen LogP contribution in [0.4, 0.5) is 13.2 Å². The first-order chi connectivity index (χ1) is 31.4. The van der Waals surface area contributed by atoms with Crippen LogP contribution in [0.3, 0.4) is 0 Å². The number of phenols is 2. The van der Waals surface area contributed by atoms with E-state index in [-0.39, 0.29) is 45.5 Å². The van der Waals surface area contributed by atoms with Crippen molar-refractivity contribution in [1.29, 1.82) is 0 Å². The van der Waals surface area contributed by atoms with Crippen LogP contribution in [0.2, 0.25) is 0 Å². The van der Waals surface area contributed by atoms with Gasteiger partial charge >= 0.3 is 5.92 Å². The van der Waals surface area contributed by atoms with Crippen molar-refractivity contribution in [3.63, 3.8) is 0 Å². The molecule has 6 aromatic carbocycles. The van der Waals surface area contributed by atoms with Crippen LogP contribution in [-0.2, 0) is 31.4 Å². The molecule has 14 heteroatoms. The Balaban J connectivity index is 0.000000194. The second-order valence-corrected chi connectivity index (χ2v) is 16.3. The Labute approximate surface area is 378 Å². The molecular formula is C51H37F3O9S2. The molecule has 9 nitrogen and oxygen atoms in total. The van der Waals surface area contributed by atoms with Gasteiger partial charge in [0.1, 0.15) is 38.6 Å². The van der Waals surface area contributed by atoms with Crippen molar-refractivity contribution in [1.82, 2.24) is 0 Å². The first-order valence-electron chi connectivity index (χ1n) is 19.8. The molecule has 0 aliphatic carbocycles. The van der Waals surface area contributed by atoms with E-state index in [0.717, 1.165) is 57.2 Å². The molecule has 2 aromatic heterocycles. The van der Waals surface area contributed by atoms with Gasteiger partial charge in [-0.05, 0) is 127 Å². The van der Waals surface area contributed by atoms with Gasteiger partial charge in [0.05, 0.1) is 12.5 Å². The molecule has 0 spiro atoms. The highest BCUT2D eigenvalue weighted by Crippen LogP contribution is 2.51. The SMILES string of the molecule is CCc1ccccc1C(=O)c1sc2cc(O)ccc2c1Oc1ccc(/C=C/OC=O)cc1.Cc1cc(F)ccc1C(F)(F)c1sc2cc(O)ccc2c1Oc1ccc(/C=C/OC=O)cc1. The number of halogens is 3. The monoisotopic (exact) mass is 914 g/mol. The first-order valence-corrected chi connectivity index (χ1v) is 21.4. The number of hydrogen-bond acceptors (Lipinski definition) is 11. The summed E-state index contributed by atoms with van der Waals surface area (Å²) in [5, 5.41) is 20.9. The van der Waals surface area contributed by atoms with Crippen LogP contribution >= 0.6 is 22.7 Å². The summed E-state index contributed by atoms with van der Waals surface area (Å²) >= 11 is 2.10. The summed E-state index contributed by atoms with van der Waals surface area (Å²) in [6.07, 6.45) is 6.46. The maximum absolute atomic E-state index is 15.7. The molecule has 0 aliphatic heterocycles. The Morgan fingerprint density at radius 1 is 0.677 bits per heavy atom. The van der Waals surface area contributed by atoms with Gasteiger partial charge in [0, 0.05) is 31.3 Å². The normalized spacial score (nSPS) is 11.4. The summed E-state index contributed by atoms with van der Waals surface area (Å²) in [6.45, 7) is 4.08. The quantitative estimate of drug-likeness (QED) is 0.0587. The summed E-state index contributed by atoms with van der Waals surface area (Å²) in [6, 6.07) is 33.7. The molecule has 0 saturated carbocycles. The number of benzene rings is 6. The second kappa shape index (κ2) is 20.2. The third-order valence-corrected chi connectivity index (χ3v) is 12.2. The van der Waals surface area contributed by atoms with Crippen molar-refractivity contribution in [2.45, 2.75) is 26.2 Å². The van der Waals surface area contributed by atoms with Crippen LogP contribution in [-0.4, -0.2) is 28.9 Å². The van der Waals surface area contributed by atoms with E-state index in [4.69, 9.17) is 9.47 Å². The molecule has 0 bridgehead atoms. The lowest BCUT2D eigenvalue weighted by Gasteiger charge is -2.19. The third kappa shape index (κ3) is 10.4. The zero-order chi connectivity index (χ0) is 46.1. The molecule has 0 aliphatic rings. The molecule has 0 radical (unpaired) electrons. The number of carbonyl (C=O) groups is 3. The van der Waals surface area contributed by atoms with Crippen LogP contribution in [0.25, 0.3) is 32.3 Å². The Morgan fingerprint density at radius 3 is 1.77 bits per heavy atom. The maximum atomic E-state index is 15.7. The molecule has 328 valence electrons. The van der Waals surface area contributed by atoms with Gasteiger partial charge in [-0.15, -0.1) is 22.7 Å². The van der Waals surface area contributed by atoms with E-state index in [1.807, 2.05) is 43.3 Å². The Kier molecular flexibility index (Phi) is 14.1. The molecule has 0 fully saturated rings. The summed E-state index contributed by atoms with van der Waals surface area (Å²) in [5.41, 5.74) is 2.92. The number of thiophene rings is 2.